The van der Waals surface area contributed by atoms with Crippen LogP contribution in [0.25, 0.3) is 0 Å². The first-order valence-electron chi connectivity index (χ1n) is 6.85. The van der Waals surface area contributed by atoms with E-state index in [-0.39, 0.29) is 12.5 Å². The summed E-state index contributed by atoms with van der Waals surface area (Å²) in [5.41, 5.74) is 0. The highest BCUT2D eigenvalue weighted by Crippen LogP contribution is 2.24. The van der Waals surface area contributed by atoms with E-state index in [9.17, 15) is 18.0 Å². The van der Waals surface area contributed by atoms with Crippen LogP contribution in [0.2, 0.25) is 0 Å². The van der Waals surface area contributed by atoms with Gasteiger partial charge in [-0.05, 0) is 31.1 Å². The molecule has 0 spiro atoms. The Bertz CT molecular complexity index is 292. The minimum absolute atomic E-state index is 0.228. The van der Waals surface area contributed by atoms with Crippen LogP contribution in [0, 0.1) is 11.8 Å². The first-order valence-corrected chi connectivity index (χ1v) is 6.85. The molecule has 1 aliphatic rings. The molecule has 1 heterocycles. The van der Waals surface area contributed by atoms with Gasteiger partial charge in [-0.25, -0.2) is 0 Å². The molecule has 0 aromatic carbocycles. The van der Waals surface area contributed by atoms with Gasteiger partial charge in [0.15, 0.2) is 0 Å². The maximum atomic E-state index is 12.0. The lowest BCUT2D eigenvalue weighted by molar-refractivity contribution is -0.134. The number of alkyl halides is 3. The maximum Gasteiger partial charge on any atom is 0.401 e. The van der Waals surface area contributed by atoms with Crippen molar-refractivity contribution < 1.29 is 18.0 Å². The van der Waals surface area contributed by atoms with Gasteiger partial charge in [0, 0.05) is 13.1 Å². The average Bonchev–Trinajstić information content (AvgIpc) is 2.52. The second kappa shape index (κ2) is 7.12. The number of likely N-dealkylation sites (tertiary alicyclic amines) is 1. The largest absolute Gasteiger partial charge is 0.401 e. The molecule has 1 atom stereocenters. The summed E-state index contributed by atoms with van der Waals surface area (Å²) < 4.78 is 35.9. The zero-order valence-corrected chi connectivity index (χ0v) is 11.6. The number of halogens is 3. The number of nitrogens with one attached hydrogen (secondary N) is 1. The smallest absolute Gasteiger partial charge is 0.342 e. The summed E-state index contributed by atoms with van der Waals surface area (Å²) in [4.78, 5) is 13.5. The summed E-state index contributed by atoms with van der Waals surface area (Å²) in [6.07, 6.45) is -1.28. The molecule has 0 saturated carbocycles. The van der Waals surface area contributed by atoms with Crippen molar-refractivity contribution >= 4 is 5.91 Å². The van der Waals surface area contributed by atoms with E-state index in [0.29, 0.717) is 24.9 Å². The van der Waals surface area contributed by atoms with Crippen molar-refractivity contribution in [2.45, 2.75) is 39.3 Å². The van der Waals surface area contributed by atoms with Gasteiger partial charge in [0.2, 0.25) is 5.91 Å². The van der Waals surface area contributed by atoms with Gasteiger partial charge >= 0.3 is 6.18 Å². The van der Waals surface area contributed by atoms with E-state index >= 15 is 0 Å². The van der Waals surface area contributed by atoms with Crippen molar-refractivity contribution in [3.8, 4) is 0 Å². The third-order valence-electron chi connectivity index (χ3n) is 3.67. The van der Waals surface area contributed by atoms with E-state index in [2.05, 4.69) is 19.2 Å². The van der Waals surface area contributed by atoms with Crippen LogP contribution < -0.4 is 5.32 Å². The molecule has 1 aliphatic heterocycles. The Morgan fingerprint density at radius 2 is 2.00 bits per heavy atom. The van der Waals surface area contributed by atoms with Crippen LogP contribution in [-0.4, -0.2) is 43.2 Å². The van der Waals surface area contributed by atoms with Gasteiger partial charge in [-0.2, -0.15) is 13.2 Å². The van der Waals surface area contributed by atoms with Gasteiger partial charge in [-0.15, -0.1) is 0 Å². The standard InChI is InChI=1S/C13H23F3N2O/c1-10(2)11-4-3-6-18(7-5-11)12(19)8-17-9-13(14,15)16/h10-11,17H,3-9H2,1-2H3. The second-order valence-electron chi connectivity index (χ2n) is 5.53. The Balaban J connectivity index is 2.33. The monoisotopic (exact) mass is 280 g/mol. The molecule has 1 fully saturated rings. The molecule has 0 aromatic heterocycles. The van der Waals surface area contributed by atoms with Gasteiger partial charge in [0.1, 0.15) is 0 Å². The molecule has 19 heavy (non-hydrogen) atoms. The molecule has 1 N–H and O–H groups in total. The lowest BCUT2D eigenvalue weighted by Crippen LogP contribution is -2.41. The molecule has 1 unspecified atom stereocenters. The molecule has 6 heteroatoms. The van der Waals surface area contributed by atoms with E-state index in [4.69, 9.17) is 0 Å². The van der Waals surface area contributed by atoms with Gasteiger partial charge in [0.25, 0.3) is 0 Å². The zero-order valence-electron chi connectivity index (χ0n) is 11.6. The lowest BCUT2D eigenvalue weighted by Gasteiger charge is -2.22. The van der Waals surface area contributed by atoms with Gasteiger partial charge < -0.3 is 10.2 Å². The van der Waals surface area contributed by atoms with E-state index in [1.807, 2.05) is 0 Å². The van der Waals surface area contributed by atoms with Crippen molar-refractivity contribution in [1.29, 1.82) is 0 Å². The van der Waals surface area contributed by atoms with E-state index in [1.54, 1.807) is 4.90 Å². The Morgan fingerprint density at radius 3 is 2.58 bits per heavy atom. The molecule has 0 aromatic rings. The van der Waals surface area contributed by atoms with Crippen LogP contribution in [0.4, 0.5) is 13.2 Å². The number of rotatable bonds is 4. The number of hydrogen-bond acceptors (Lipinski definition) is 2. The molecule has 112 valence electrons. The highest BCUT2D eigenvalue weighted by Gasteiger charge is 2.27. The SMILES string of the molecule is CC(C)C1CCCN(C(=O)CNCC(F)(F)F)CC1. The highest BCUT2D eigenvalue weighted by molar-refractivity contribution is 5.78. The van der Waals surface area contributed by atoms with Crippen LogP contribution in [-0.2, 0) is 4.79 Å². The third-order valence-corrected chi connectivity index (χ3v) is 3.67. The summed E-state index contributed by atoms with van der Waals surface area (Å²) >= 11 is 0. The van der Waals surface area contributed by atoms with E-state index < -0.39 is 12.7 Å². The van der Waals surface area contributed by atoms with Crippen LogP contribution in [0.15, 0.2) is 0 Å². The second-order valence-corrected chi connectivity index (χ2v) is 5.53. The van der Waals surface area contributed by atoms with Crippen LogP contribution in [0.1, 0.15) is 33.1 Å². The molecule has 0 aliphatic carbocycles. The number of nitrogens with zero attached hydrogens (tertiary/aromatic N) is 1. The average molecular weight is 280 g/mol. The van der Waals surface area contributed by atoms with Crippen molar-refractivity contribution in [3.05, 3.63) is 0 Å². The maximum absolute atomic E-state index is 12.0. The molecule has 0 radical (unpaired) electrons. The van der Waals surface area contributed by atoms with Crippen LogP contribution in [0.3, 0.4) is 0 Å². The topological polar surface area (TPSA) is 32.3 Å². The molecular weight excluding hydrogens is 257 g/mol. The Kier molecular flexibility index (Phi) is 6.10. The fourth-order valence-electron chi connectivity index (χ4n) is 2.46. The fourth-order valence-corrected chi connectivity index (χ4v) is 2.46. The quantitative estimate of drug-likeness (QED) is 0.857. The number of hydrogen-bond donors (Lipinski definition) is 1. The molecule has 0 bridgehead atoms. The van der Waals surface area contributed by atoms with Crippen molar-refractivity contribution in [3.63, 3.8) is 0 Å². The van der Waals surface area contributed by atoms with Crippen molar-refractivity contribution in [2.24, 2.45) is 11.8 Å². The first-order chi connectivity index (χ1) is 8.79. The van der Waals surface area contributed by atoms with Gasteiger partial charge in [0.05, 0.1) is 13.1 Å². The van der Waals surface area contributed by atoms with Gasteiger partial charge in [-0.3, -0.25) is 4.79 Å². The molecular formula is C13H23F3N2O. The van der Waals surface area contributed by atoms with Crippen LogP contribution in [0.5, 0.6) is 0 Å². The summed E-state index contributed by atoms with van der Waals surface area (Å²) in [7, 11) is 0. The fraction of sp³-hybridized carbons (Fsp3) is 0.923. The highest BCUT2D eigenvalue weighted by atomic mass is 19.4. The third kappa shape index (κ3) is 6.27. The molecule has 1 amide bonds. The predicted octanol–water partition coefficient (Wildman–Crippen LogP) is 2.42. The van der Waals surface area contributed by atoms with Gasteiger partial charge in [-0.1, -0.05) is 13.8 Å². The Morgan fingerprint density at radius 1 is 1.32 bits per heavy atom. The minimum atomic E-state index is -4.26. The lowest BCUT2D eigenvalue weighted by atomic mass is 9.89. The van der Waals surface area contributed by atoms with Crippen molar-refractivity contribution in [2.75, 3.05) is 26.2 Å². The summed E-state index contributed by atoms with van der Waals surface area (Å²) in [5.74, 6) is 0.980. The zero-order chi connectivity index (χ0) is 14.5. The number of carbonyl (C=O) groups is 1. The van der Waals surface area contributed by atoms with E-state index in [0.717, 1.165) is 19.3 Å². The van der Waals surface area contributed by atoms with Crippen molar-refractivity contribution in [1.82, 2.24) is 10.2 Å². The Hall–Kier alpha value is -0.780. The number of amides is 1. The van der Waals surface area contributed by atoms with Crippen LogP contribution >= 0.6 is 0 Å². The molecule has 1 rings (SSSR count). The molecule has 1 saturated heterocycles. The Labute approximate surface area is 112 Å². The van der Waals surface area contributed by atoms with E-state index in [1.165, 1.54) is 0 Å². The minimum Gasteiger partial charge on any atom is -0.342 e. The summed E-state index contributed by atoms with van der Waals surface area (Å²) in [5, 5.41) is 2.16. The predicted molar refractivity (Wildman–Crippen MR) is 67.7 cm³/mol. The molecule has 3 nitrogen and oxygen atoms in total. The summed E-state index contributed by atoms with van der Waals surface area (Å²) in [6.45, 7) is 4.33. The normalized spacial score (nSPS) is 21.6. The first kappa shape index (κ1) is 16.3. The number of carbonyl (C=O) groups excluding carboxylic acids is 1. The summed E-state index contributed by atoms with van der Waals surface area (Å²) in [6, 6.07) is 0.